The van der Waals surface area contributed by atoms with Crippen molar-refractivity contribution in [3.63, 3.8) is 0 Å². The Kier molecular flexibility index (Phi) is 5.51. The lowest BCUT2D eigenvalue weighted by Crippen LogP contribution is -2.35. The van der Waals surface area contributed by atoms with E-state index < -0.39 is 0 Å². The van der Waals surface area contributed by atoms with Gasteiger partial charge in [-0.1, -0.05) is 41.9 Å². The van der Waals surface area contributed by atoms with E-state index in [0.29, 0.717) is 18.2 Å². The van der Waals surface area contributed by atoms with Crippen molar-refractivity contribution in [2.24, 2.45) is 0 Å². The number of hydrogen-bond donors (Lipinski definition) is 1. The fourth-order valence-corrected chi connectivity index (χ4v) is 2.73. The zero-order chi connectivity index (χ0) is 16.8. The van der Waals surface area contributed by atoms with Gasteiger partial charge in [-0.15, -0.1) is 0 Å². The van der Waals surface area contributed by atoms with Gasteiger partial charge in [0.2, 0.25) is 5.91 Å². The molecule has 0 unspecified atom stereocenters. The molecule has 1 aliphatic heterocycles. The molecule has 5 heteroatoms. The van der Waals surface area contributed by atoms with E-state index in [1.54, 1.807) is 30.3 Å². The van der Waals surface area contributed by atoms with E-state index in [1.165, 1.54) is 0 Å². The number of carbonyl (C=O) groups is 1. The van der Waals surface area contributed by atoms with Crippen LogP contribution >= 0.6 is 11.6 Å². The number of morpholine rings is 1. The summed E-state index contributed by atoms with van der Waals surface area (Å²) < 4.78 is 5.42. The molecule has 1 heterocycles. The molecule has 2 aromatic rings. The first-order valence-corrected chi connectivity index (χ1v) is 8.26. The highest BCUT2D eigenvalue weighted by Crippen LogP contribution is 2.21. The Labute approximate surface area is 146 Å². The second-order valence-corrected chi connectivity index (χ2v) is 5.93. The van der Waals surface area contributed by atoms with E-state index in [-0.39, 0.29) is 5.91 Å². The van der Waals surface area contributed by atoms with Crippen molar-refractivity contribution >= 4 is 28.9 Å². The van der Waals surface area contributed by atoms with E-state index in [1.807, 2.05) is 30.3 Å². The van der Waals surface area contributed by atoms with Gasteiger partial charge in [-0.25, -0.2) is 0 Å². The maximum absolute atomic E-state index is 12.4. The number of anilines is 1. The summed E-state index contributed by atoms with van der Waals surface area (Å²) in [7, 11) is 0. The van der Waals surface area contributed by atoms with Crippen molar-refractivity contribution in [1.29, 1.82) is 0 Å². The minimum atomic E-state index is -0.164. The molecule has 1 saturated heterocycles. The number of ether oxygens (including phenoxy) is 1. The van der Waals surface area contributed by atoms with Gasteiger partial charge in [0, 0.05) is 35.6 Å². The van der Waals surface area contributed by atoms with Gasteiger partial charge in [0.25, 0.3) is 0 Å². The summed E-state index contributed by atoms with van der Waals surface area (Å²) in [4.78, 5) is 14.6. The van der Waals surface area contributed by atoms with Crippen LogP contribution in [-0.2, 0) is 9.53 Å². The first kappa shape index (κ1) is 16.6. The molecular formula is C19H19ClN2O2. The van der Waals surface area contributed by atoms with E-state index in [0.717, 1.165) is 30.0 Å². The molecule has 1 fully saturated rings. The topological polar surface area (TPSA) is 41.6 Å². The first-order chi connectivity index (χ1) is 11.7. The highest BCUT2D eigenvalue weighted by atomic mass is 35.5. The number of carbonyl (C=O) groups excluding carboxylic acids is 1. The minimum Gasteiger partial charge on any atom is -0.378 e. The molecule has 24 heavy (non-hydrogen) atoms. The minimum absolute atomic E-state index is 0.164. The molecule has 2 aromatic carbocycles. The number of nitrogens with one attached hydrogen (secondary N) is 1. The van der Waals surface area contributed by atoms with Crippen LogP contribution in [0.15, 0.2) is 60.7 Å². The van der Waals surface area contributed by atoms with Crippen LogP contribution in [-0.4, -0.2) is 37.1 Å². The Hall–Kier alpha value is -2.30. The fourth-order valence-electron chi connectivity index (χ4n) is 2.61. The SMILES string of the molecule is O=C(C=C(c1ccccc1)N1CCOCC1)Nc1ccc(Cl)cc1. The number of nitrogens with zero attached hydrogens (tertiary/aromatic N) is 1. The van der Waals surface area contributed by atoms with Crippen molar-refractivity contribution in [3.05, 3.63) is 71.3 Å². The van der Waals surface area contributed by atoms with E-state index >= 15 is 0 Å². The summed E-state index contributed by atoms with van der Waals surface area (Å²) >= 11 is 5.87. The van der Waals surface area contributed by atoms with Gasteiger partial charge >= 0.3 is 0 Å². The van der Waals surface area contributed by atoms with Crippen LogP contribution in [0.5, 0.6) is 0 Å². The lowest BCUT2D eigenvalue weighted by atomic mass is 10.1. The summed E-state index contributed by atoms with van der Waals surface area (Å²) in [5.41, 5.74) is 2.64. The standard InChI is InChI=1S/C19H19ClN2O2/c20-16-6-8-17(9-7-16)21-19(23)14-18(15-4-2-1-3-5-15)22-10-12-24-13-11-22/h1-9,14H,10-13H2,(H,21,23). The van der Waals surface area contributed by atoms with Crippen LogP contribution in [0.2, 0.25) is 5.02 Å². The van der Waals surface area contributed by atoms with Gasteiger partial charge in [0.15, 0.2) is 0 Å². The summed E-state index contributed by atoms with van der Waals surface area (Å²) in [6.07, 6.45) is 1.65. The molecular weight excluding hydrogens is 324 g/mol. The lowest BCUT2D eigenvalue weighted by Gasteiger charge is -2.31. The zero-order valence-corrected chi connectivity index (χ0v) is 14.0. The second-order valence-electron chi connectivity index (χ2n) is 5.49. The molecule has 1 amide bonds. The zero-order valence-electron chi connectivity index (χ0n) is 13.2. The van der Waals surface area contributed by atoms with Gasteiger partial charge in [-0.3, -0.25) is 4.79 Å². The molecule has 4 nitrogen and oxygen atoms in total. The van der Waals surface area contributed by atoms with Crippen LogP contribution in [0.25, 0.3) is 5.70 Å². The quantitative estimate of drug-likeness (QED) is 0.862. The molecule has 0 radical (unpaired) electrons. The molecule has 1 N–H and O–H groups in total. The molecule has 1 aliphatic rings. The molecule has 0 atom stereocenters. The number of benzene rings is 2. The third-order valence-corrected chi connectivity index (χ3v) is 4.05. The van der Waals surface area contributed by atoms with Gasteiger partial charge in [-0.2, -0.15) is 0 Å². The average molecular weight is 343 g/mol. The molecule has 0 aliphatic carbocycles. The smallest absolute Gasteiger partial charge is 0.250 e. The summed E-state index contributed by atoms with van der Waals surface area (Å²) in [5.74, 6) is -0.164. The van der Waals surface area contributed by atoms with Crippen molar-refractivity contribution in [2.45, 2.75) is 0 Å². The van der Waals surface area contributed by atoms with Crippen LogP contribution < -0.4 is 5.32 Å². The Morgan fingerprint density at radius 3 is 2.38 bits per heavy atom. The molecule has 3 rings (SSSR count). The fraction of sp³-hybridized carbons (Fsp3) is 0.211. The molecule has 0 aromatic heterocycles. The van der Waals surface area contributed by atoms with Gasteiger partial charge in [0.1, 0.15) is 0 Å². The molecule has 0 spiro atoms. The van der Waals surface area contributed by atoms with Crippen LogP contribution in [0.1, 0.15) is 5.56 Å². The predicted octanol–water partition coefficient (Wildman–Crippen LogP) is 3.65. The van der Waals surface area contributed by atoms with Crippen molar-refractivity contribution in [3.8, 4) is 0 Å². The predicted molar refractivity (Wildman–Crippen MR) is 96.9 cm³/mol. The summed E-state index contributed by atoms with van der Waals surface area (Å²) in [6.45, 7) is 2.88. The van der Waals surface area contributed by atoms with Crippen molar-refractivity contribution in [1.82, 2.24) is 4.90 Å². The lowest BCUT2D eigenvalue weighted by molar-refractivity contribution is -0.111. The van der Waals surface area contributed by atoms with Gasteiger partial charge in [0.05, 0.1) is 13.2 Å². The number of halogens is 1. The van der Waals surface area contributed by atoms with Gasteiger partial charge in [-0.05, 0) is 29.8 Å². The van der Waals surface area contributed by atoms with Crippen molar-refractivity contribution < 1.29 is 9.53 Å². The van der Waals surface area contributed by atoms with Gasteiger partial charge < -0.3 is 15.0 Å². The number of rotatable bonds is 4. The Balaban J connectivity index is 1.82. The van der Waals surface area contributed by atoms with Crippen molar-refractivity contribution in [2.75, 3.05) is 31.6 Å². The molecule has 124 valence electrons. The normalized spacial score (nSPS) is 15.2. The number of amides is 1. The highest BCUT2D eigenvalue weighted by molar-refractivity contribution is 6.30. The molecule has 0 saturated carbocycles. The van der Waals surface area contributed by atoms with Crippen LogP contribution in [0.3, 0.4) is 0 Å². The average Bonchev–Trinajstić information content (AvgIpc) is 2.63. The maximum Gasteiger partial charge on any atom is 0.250 e. The summed E-state index contributed by atoms with van der Waals surface area (Å²) in [5, 5.41) is 3.52. The molecule has 0 bridgehead atoms. The van der Waals surface area contributed by atoms with Crippen LogP contribution in [0.4, 0.5) is 5.69 Å². The second kappa shape index (κ2) is 7.99. The van der Waals surface area contributed by atoms with E-state index in [4.69, 9.17) is 16.3 Å². The highest BCUT2D eigenvalue weighted by Gasteiger charge is 2.16. The third-order valence-electron chi connectivity index (χ3n) is 3.80. The Bertz CT molecular complexity index is 708. The monoisotopic (exact) mass is 342 g/mol. The van der Waals surface area contributed by atoms with E-state index in [9.17, 15) is 4.79 Å². The first-order valence-electron chi connectivity index (χ1n) is 7.89. The largest absolute Gasteiger partial charge is 0.378 e. The Morgan fingerprint density at radius 1 is 1.04 bits per heavy atom. The summed E-state index contributed by atoms with van der Waals surface area (Å²) in [6, 6.07) is 17.0. The van der Waals surface area contributed by atoms with Crippen LogP contribution in [0, 0.1) is 0 Å². The third kappa shape index (κ3) is 4.37. The number of hydrogen-bond acceptors (Lipinski definition) is 3. The Morgan fingerprint density at radius 2 is 1.71 bits per heavy atom. The van der Waals surface area contributed by atoms with E-state index in [2.05, 4.69) is 10.2 Å². The maximum atomic E-state index is 12.4.